The maximum Gasteiger partial charge on any atom is 0.343 e. The summed E-state index contributed by atoms with van der Waals surface area (Å²) >= 11 is 5.93. The molecule has 0 saturated carbocycles. The Balaban J connectivity index is 1.28. The molecule has 0 aromatic heterocycles. The van der Waals surface area contributed by atoms with Gasteiger partial charge in [0.1, 0.15) is 11.5 Å². The molecule has 5 aromatic carbocycles. The number of halogens is 1. The number of benzene rings is 5. The van der Waals surface area contributed by atoms with Crippen LogP contribution >= 0.6 is 11.6 Å². The highest BCUT2D eigenvalue weighted by Gasteiger charge is 2.16. The summed E-state index contributed by atoms with van der Waals surface area (Å²) < 4.78 is 11.5. The number of carbonyl (C=O) groups excluding carboxylic acids is 2. The Morgan fingerprint density at radius 2 is 1.48 bits per heavy atom. The lowest BCUT2D eigenvalue weighted by molar-refractivity contribution is -0.127. The molecule has 0 saturated heterocycles. The molecule has 0 unspecified atom stereocenters. The Hall–Kier alpha value is -4.94. The quantitative estimate of drug-likeness (QED) is 0.0955. The average molecular weight is 549 g/mol. The van der Waals surface area contributed by atoms with Crippen LogP contribution in [0.3, 0.4) is 0 Å². The van der Waals surface area contributed by atoms with E-state index in [1.165, 1.54) is 6.21 Å². The third-order valence-corrected chi connectivity index (χ3v) is 6.48. The van der Waals surface area contributed by atoms with Crippen molar-refractivity contribution in [2.75, 3.05) is 0 Å². The number of fused-ring (bicyclic) bond motifs is 1. The predicted molar refractivity (Wildman–Crippen MR) is 158 cm³/mol. The van der Waals surface area contributed by atoms with Crippen LogP contribution in [-0.4, -0.2) is 24.2 Å². The second-order valence-electron chi connectivity index (χ2n) is 8.98. The van der Waals surface area contributed by atoms with Gasteiger partial charge in [0.25, 0.3) is 5.91 Å². The van der Waals surface area contributed by atoms with Gasteiger partial charge in [-0.05, 0) is 71.3 Å². The minimum absolute atomic E-state index is 0.305. The summed E-state index contributed by atoms with van der Waals surface area (Å²) in [5.74, 6) is -0.0921. The van der Waals surface area contributed by atoms with Gasteiger partial charge in [0.05, 0.1) is 11.8 Å². The number of nitrogens with zero attached hydrogens (tertiary/aromatic N) is 1. The average Bonchev–Trinajstić information content (AvgIpc) is 2.99. The fourth-order valence-electron chi connectivity index (χ4n) is 4.11. The molecule has 0 spiro atoms. The van der Waals surface area contributed by atoms with Crippen molar-refractivity contribution in [3.63, 3.8) is 0 Å². The Kier molecular flexibility index (Phi) is 8.18. The zero-order valence-corrected chi connectivity index (χ0v) is 22.3. The number of rotatable bonds is 8. The third kappa shape index (κ3) is 6.37. The van der Waals surface area contributed by atoms with Crippen molar-refractivity contribution in [3.8, 4) is 22.6 Å². The van der Waals surface area contributed by atoms with Crippen molar-refractivity contribution in [2.45, 2.75) is 13.0 Å². The molecule has 1 N–H and O–H groups in total. The van der Waals surface area contributed by atoms with E-state index in [9.17, 15) is 9.59 Å². The van der Waals surface area contributed by atoms with Crippen molar-refractivity contribution < 1.29 is 19.1 Å². The lowest BCUT2D eigenvalue weighted by atomic mass is 10.0. The molecule has 0 aliphatic carbocycles. The molecule has 5 aromatic rings. The van der Waals surface area contributed by atoms with E-state index >= 15 is 0 Å². The van der Waals surface area contributed by atoms with Gasteiger partial charge in [-0.1, -0.05) is 84.4 Å². The largest absolute Gasteiger partial charge is 0.481 e. The van der Waals surface area contributed by atoms with Crippen LogP contribution < -0.4 is 14.9 Å². The van der Waals surface area contributed by atoms with Gasteiger partial charge < -0.3 is 9.47 Å². The first-order chi connectivity index (χ1) is 19.5. The summed E-state index contributed by atoms with van der Waals surface area (Å²) in [7, 11) is 0. The van der Waals surface area contributed by atoms with E-state index in [0.29, 0.717) is 27.6 Å². The summed E-state index contributed by atoms with van der Waals surface area (Å²) in [6.07, 6.45) is 0.668. The van der Waals surface area contributed by atoms with Gasteiger partial charge >= 0.3 is 5.97 Å². The number of hydrogen-bond acceptors (Lipinski definition) is 5. The summed E-state index contributed by atoms with van der Waals surface area (Å²) in [6, 6.07) is 35.2. The first kappa shape index (κ1) is 26.7. The summed E-state index contributed by atoms with van der Waals surface area (Å²) in [5.41, 5.74) is 5.58. The van der Waals surface area contributed by atoms with E-state index in [2.05, 4.69) is 10.5 Å². The molecular weight excluding hydrogens is 524 g/mol. The van der Waals surface area contributed by atoms with E-state index in [0.717, 1.165) is 21.9 Å². The first-order valence-corrected chi connectivity index (χ1v) is 13.0. The van der Waals surface area contributed by atoms with E-state index in [4.69, 9.17) is 21.1 Å². The normalized spacial score (nSPS) is 11.8. The van der Waals surface area contributed by atoms with Crippen molar-refractivity contribution in [1.82, 2.24) is 5.43 Å². The van der Waals surface area contributed by atoms with Crippen molar-refractivity contribution in [3.05, 3.63) is 131 Å². The molecule has 1 atom stereocenters. The van der Waals surface area contributed by atoms with E-state index in [1.54, 1.807) is 37.3 Å². The number of hydrogen-bond donors (Lipinski definition) is 1. The van der Waals surface area contributed by atoms with E-state index in [1.807, 2.05) is 84.9 Å². The molecular formula is C33H25ClN2O4. The number of nitrogens with one attached hydrogen (secondary N) is 1. The van der Waals surface area contributed by atoms with Gasteiger partial charge in [-0.25, -0.2) is 10.2 Å². The standard InChI is InChI=1S/C33H25ClN2O4/c1-22(39-28-18-13-24(14-19-28)23-7-3-2-4-8-23)32(37)36-35-21-30-29-10-6-5-9-25(29)15-20-31(30)40-33(38)26-11-16-27(34)17-12-26/h2-22H,1H3,(H,36,37)/b35-21-/t22-/m0/s1. The van der Waals surface area contributed by atoms with Crippen LogP contribution in [0, 0.1) is 0 Å². The zero-order valence-electron chi connectivity index (χ0n) is 21.6. The molecule has 6 nitrogen and oxygen atoms in total. The van der Waals surface area contributed by atoms with Crippen molar-refractivity contribution >= 4 is 40.5 Å². The van der Waals surface area contributed by atoms with Gasteiger partial charge in [0.15, 0.2) is 6.10 Å². The highest BCUT2D eigenvalue weighted by atomic mass is 35.5. The van der Waals surface area contributed by atoms with Crippen LogP contribution in [0.1, 0.15) is 22.8 Å². The molecule has 0 aliphatic heterocycles. The van der Waals surface area contributed by atoms with Crippen molar-refractivity contribution in [1.29, 1.82) is 0 Å². The number of carbonyl (C=O) groups is 2. The smallest absolute Gasteiger partial charge is 0.343 e. The van der Waals surface area contributed by atoms with E-state index in [-0.39, 0.29) is 0 Å². The number of esters is 1. The molecule has 5 rings (SSSR count). The van der Waals surface area contributed by atoms with Gasteiger partial charge in [0.2, 0.25) is 0 Å². The van der Waals surface area contributed by atoms with Crippen LogP contribution in [0.5, 0.6) is 11.5 Å². The number of hydrazone groups is 1. The summed E-state index contributed by atoms with van der Waals surface area (Å²) in [5, 5.41) is 6.41. The molecule has 40 heavy (non-hydrogen) atoms. The van der Waals surface area contributed by atoms with Gasteiger partial charge in [-0.2, -0.15) is 5.10 Å². The summed E-state index contributed by atoms with van der Waals surface area (Å²) in [6.45, 7) is 1.65. The fraction of sp³-hybridized carbons (Fsp3) is 0.0606. The highest BCUT2D eigenvalue weighted by molar-refractivity contribution is 6.30. The molecule has 0 radical (unpaired) electrons. The van der Waals surface area contributed by atoms with E-state index < -0.39 is 18.0 Å². The first-order valence-electron chi connectivity index (χ1n) is 12.6. The zero-order chi connectivity index (χ0) is 27.9. The molecule has 0 bridgehead atoms. The minimum Gasteiger partial charge on any atom is -0.481 e. The fourth-order valence-corrected chi connectivity index (χ4v) is 4.23. The number of amides is 1. The molecule has 0 heterocycles. The van der Waals surface area contributed by atoms with Gasteiger partial charge in [-0.3, -0.25) is 4.79 Å². The lowest BCUT2D eigenvalue weighted by Crippen LogP contribution is -2.33. The Labute approximate surface area is 236 Å². The molecule has 1 amide bonds. The molecule has 0 fully saturated rings. The SMILES string of the molecule is C[C@H](Oc1ccc(-c2ccccc2)cc1)C(=O)N/N=C\c1c(OC(=O)c2ccc(Cl)cc2)ccc2ccccc12. The minimum atomic E-state index is -0.797. The second-order valence-corrected chi connectivity index (χ2v) is 9.42. The third-order valence-electron chi connectivity index (χ3n) is 6.23. The van der Waals surface area contributed by atoms with Crippen LogP contribution in [-0.2, 0) is 4.79 Å². The summed E-state index contributed by atoms with van der Waals surface area (Å²) in [4.78, 5) is 25.5. The molecule has 7 heteroatoms. The predicted octanol–water partition coefficient (Wildman–Crippen LogP) is 7.30. The monoisotopic (exact) mass is 548 g/mol. The Bertz CT molecular complexity index is 1670. The number of ether oxygens (including phenoxy) is 2. The van der Waals surface area contributed by atoms with Gasteiger partial charge in [-0.15, -0.1) is 0 Å². The second kappa shape index (κ2) is 12.3. The maximum atomic E-state index is 12.8. The lowest BCUT2D eigenvalue weighted by Gasteiger charge is -2.14. The Morgan fingerprint density at radius 3 is 2.23 bits per heavy atom. The molecule has 198 valence electrons. The van der Waals surface area contributed by atoms with Crippen LogP contribution in [0.15, 0.2) is 120 Å². The Morgan fingerprint density at radius 1 is 0.800 bits per heavy atom. The topological polar surface area (TPSA) is 77.0 Å². The van der Waals surface area contributed by atoms with Crippen molar-refractivity contribution in [2.24, 2.45) is 5.10 Å². The van der Waals surface area contributed by atoms with Crippen LogP contribution in [0.2, 0.25) is 5.02 Å². The van der Waals surface area contributed by atoms with Gasteiger partial charge in [0, 0.05) is 10.6 Å². The van der Waals surface area contributed by atoms with Crippen LogP contribution in [0.4, 0.5) is 0 Å². The molecule has 0 aliphatic rings. The highest BCUT2D eigenvalue weighted by Crippen LogP contribution is 2.28. The van der Waals surface area contributed by atoms with Crippen LogP contribution in [0.25, 0.3) is 21.9 Å². The maximum absolute atomic E-state index is 12.8.